The van der Waals surface area contributed by atoms with Gasteiger partial charge in [-0.1, -0.05) is 16.2 Å². The van der Waals surface area contributed by atoms with Crippen molar-refractivity contribution in [1.29, 1.82) is 0 Å². The summed E-state index contributed by atoms with van der Waals surface area (Å²) in [6, 6.07) is 5.96. The Morgan fingerprint density at radius 2 is 1.81 bits per heavy atom. The van der Waals surface area contributed by atoms with Crippen molar-refractivity contribution in [1.82, 2.24) is 19.1 Å². The van der Waals surface area contributed by atoms with E-state index in [-0.39, 0.29) is 29.4 Å². The molecule has 42 heavy (non-hydrogen) atoms. The maximum Gasteiger partial charge on any atom is 0.316 e. The van der Waals surface area contributed by atoms with Gasteiger partial charge in [-0.15, -0.1) is 5.23 Å². The minimum absolute atomic E-state index is 0.0675. The Morgan fingerprint density at radius 3 is 2.40 bits per heavy atom. The highest BCUT2D eigenvalue weighted by molar-refractivity contribution is 7.99. The molecule has 1 aliphatic heterocycles. The lowest BCUT2D eigenvalue weighted by molar-refractivity contribution is -0.0130. The molecule has 2 aromatic heterocycles. The van der Waals surface area contributed by atoms with Crippen LogP contribution in [0.1, 0.15) is 24.8 Å². The van der Waals surface area contributed by atoms with E-state index >= 15 is 0 Å². The van der Waals surface area contributed by atoms with E-state index in [1.54, 1.807) is 18.4 Å². The normalized spacial score (nSPS) is 20.1. The van der Waals surface area contributed by atoms with Gasteiger partial charge in [0.05, 0.1) is 19.0 Å². The van der Waals surface area contributed by atoms with Gasteiger partial charge in [0.25, 0.3) is 0 Å². The summed E-state index contributed by atoms with van der Waals surface area (Å²) < 4.78 is 64.3. The molecule has 5 rings (SSSR count). The van der Waals surface area contributed by atoms with Crippen molar-refractivity contribution >= 4 is 21.6 Å². The summed E-state index contributed by atoms with van der Waals surface area (Å²) in [5.74, 6) is -1.34. The van der Waals surface area contributed by atoms with Crippen molar-refractivity contribution in [2.75, 3.05) is 49.7 Å². The lowest BCUT2D eigenvalue weighted by Crippen LogP contribution is -2.51. The van der Waals surface area contributed by atoms with Gasteiger partial charge in [0.2, 0.25) is 5.75 Å². The first-order valence-corrected chi connectivity index (χ1v) is 15.8. The van der Waals surface area contributed by atoms with Crippen molar-refractivity contribution in [2.45, 2.75) is 37.3 Å². The SMILES string of the molecule is CON(O)c1ccc(C[SH](C)(=O)N2CCN(c3cnn(-c4cc(F)cc(F)c4)c(=O)c3OC3CCC(F)C3)CC2)cn1. The highest BCUT2D eigenvalue weighted by atomic mass is 32.3. The molecule has 1 saturated heterocycles. The minimum atomic E-state index is -2.83. The molecule has 2 aliphatic rings. The van der Waals surface area contributed by atoms with E-state index in [1.165, 1.54) is 19.5 Å². The smallest absolute Gasteiger partial charge is 0.316 e. The predicted octanol–water partition coefficient (Wildman–Crippen LogP) is 2.82. The highest BCUT2D eigenvalue weighted by Crippen LogP contribution is 2.32. The molecule has 1 saturated carbocycles. The van der Waals surface area contributed by atoms with Crippen LogP contribution < -0.4 is 20.4 Å². The molecule has 11 nitrogen and oxygen atoms in total. The molecule has 1 aromatic carbocycles. The van der Waals surface area contributed by atoms with Gasteiger partial charge in [-0.3, -0.25) is 19.0 Å². The minimum Gasteiger partial charge on any atom is -0.483 e. The lowest BCUT2D eigenvalue weighted by Gasteiger charge is -2.41. The van der Waals surface area contributed by atoms with Gasteiger partial charge in [0.1, 0.15) is 29.6 Å². The molecule has 0 spiro atoms. The second kappa shape index (κ2) is 12.4. The number of alkyl halides is 1. The molecule has 0 radical (unpaired) electrons. The van der Waals surface area contributed by atoms with Crippen LogP contribution in [0.25, 0.3) is 5.69 Å². The van der Waals surface area contributed by atoms with Crippen LogP contribution in [-0.2, 0) is 20.7 Å². The second-order valence-corrected chi connectivity index (χ2v) is 13.5. The molecule has 228 valence electrons. The van der Waals surface area contributed by atoms with Gasteiger partial charge >= 0.3 is 5.56 Å². The predicted molar refractivity (Wildman–Crippen MR) is 151 cm³/mol. The molecule has 2 fully saturated rings. The molecule has 15 heteroatoms. The first-order valence-electron chi connectivity index (χ1n) is 13.5. The molecule has 0 amide bonds. The number of hydrogen-bond acceptors (Lipinski definition) is 9. The highest BCUT2D eigenvalue weighted by Gasteiger charge is 2.31. The third kappa shape index (κ3) is 6.59. The average molecular weight is 611 g/mol. The number of pyridine rings is 1. The van der Waals surface area contributed by atoms with Crippen LogP contribution in [0.3, 0.4) is 0 Å². The molecular formula is C27H33F3N6O5S. The van der Waals surface area contributed by atoms with Gasteiger partial charge in [0.15, 0.2) is 5.82 Å². The van der Waals surface area contributed by atoms with E-state index in [0.29, 0.717) is 56.0 Å². The van der Waals surface area contributed by atoms with Gasteiger partial charge in [-0.05, 0) is 36.6 Å². The van der Waals surface area contributed by atoms with Crippen molar-refractivity contribution in [3.63, 3.8) is 0 Å². The Labute approximate surface area is 241 Å². The Balaban J connectivity index is 1.35. The summed E-state index contributed by atoms with van der Waals surface area (Å²) in [5, 5.41) is 14.3. The maximum atomic E-state index is 13.9. The van der Waals surface area contributed by atoms with Gasteiger partial charge in [-0.25, -0.2) is 22.5 Å². The van der Waals surface area contributed by atoms with Crippen LogP contribution in [0, 0.1) is 11.6 Å². The van der Waals surface area contributed by atoms with Crippen molar-refractivity contribution in [3.8, 4) is 11.4 Å². The number of halogens is 3. The zero-order valence-corrected chi connectivity index (χ0v) is 24.1. The molecule has 0 bridgehead atoms. The number of rotatable bonds is 9. The molecule has 2 atom stereocenters. The van der Waals surface area contributed by atoms with E-state index in [0.717, 1.165) is 22.4 Å². The van der Waals surface area contributed by atoms with E-state index in [4.69, 9.17) is 9.57 Å². The number of benzene rings is 1. The first kappa shape index (κ1) is 29.9. The Bertz CT molecular complexity index is 1500. The second-order valence-electron chi connectivity index (χ2n) is 10.5. The fourth-order valence-corrected chi connectivity index (χ4v) is 7.38. The van der Waals surface area contributed by atoms with Crippen LogP contribution in [0.2, 0.25) is 0 Å². The van der Waals surface area contributed by atoms with Crippen molar-refractivity contribution < 1.29 is 32.2 Å². The maximum absolute atomic E-state index is 13.9. The van der Waals surface area contributed by atoms with Crippen LogP contribution >= 0.6 is 0 Å². The number of thiol groups is 1. The summed E-state index contributed by atoms with van der Waals surface area (Å²) in [5.41, 5.74) is 0.301. The van der Waals surface area contributed by atoms with Crippen molar-refractivity contribution in [3.05, 3.63) is 70.3 Å². The average Bonchev–Trinajstić information content (AvgIpc) is 3.37. The number of anilines is 2. The standard InChI is InChI=1S/C27H33F3N6O5S/c1-40-36(38)25-6-3-18(15-31-25)17-42(2,39)34-9-7-33(8-10-34)24-16-32-35(22-12-20(29)11-21(30)13-22)27(37)26(24)41-23-5-4-19(28)14-23/h3,6,11-13,15-16,19,23,38,42H,4-5,7-10,14,17H2,1-2H3. The summed E-state index contributed by atoms with van der Waals surface area (Å²) in [4.78, 5) is 24.3. The van der Waals surface area contributed by atoms with Crippen molar-refractivity contribution in [2.24, 2.45) is 0 Å². The van der Waals surface area contributed by atoms with Crippen LogP contribution in [0.4, 0.5) is 24.7 Å². The molecule has 2 unspecified atom stereocenters. The molecule has 1 aliphatic carbocycles. The monoisotopic (exact) mass is 610 g/mol. The van der Waals surface area contributed by atoms with Crippen LogP contribution in [-0.4, -0.2) is 80.3 Å². The Kier molecular flexibility index (Phi) is 8.82. The summed E-state index contributed by atoms with van der Waals surface area (Å²) >= 11 is 0. The fourth-order valence-electron chi connectivity index (χ4n) is 5.29. The zero-order chi connectivity index (χ0) is 30.0. The topological polar surface area (TPSA) is 113 Å². The van der Waals surface area contributed by atoms with E-state index in [9.17, 15) is 27.4 Å². The fraction of sp³-hybridized carbons (Fsp3) is 0.444. The van der Waals surface area contributed by atoms with Gasteiger partial charge in [0, 0.05) is 56.9 Å². The zero-order valence-electron chi connectivity index (χ0n) is 23.2. The first-order chi connectivity index (χ1) is 20.0. The quantitative estimate of drug-likeness (QED) is 0.279. The lowest BCUT2D eigenvalue weighted by atomic mass is 10.2. The number of aromatic nitrogens is 3. The number of piperazine rings is 1. The number of nitrogens with zero attached hydrogens (tertiary/aromatic N) is 6. The summed E-state index contributed by atoms with van der Waals surface area (Å²) in [6.45, 7) is 1.63. The molecular weight excluding hydrogens is 577 g/mol. The van der Waals surface area contributed by atoms with Crippen LogP contribution in [0.5, 0.6) is 5.75 Å². The molecule has 3 heterocycles. The Morgan fingerprint density at radius 1 is 1.10 bits per heavy atom. The number of hydrogen-bond donors (Lipinski definition) is 2. The van der Waals surface area contributed by atoms with E-state index in [2.05, 4.69) is 10.1 Å². The third-order valence-corrected chi connectivity index (χ3v) is 10.0. The Hall–Kier alpha value is -3.53. The summed E-state index contributed by atoms with van der Waals surface area (Å²) in [6.07, 6.45) is 3.97. The largest absolute Gasteiger partial charge is 0.483 e. The van der Waals surface area contributed by atoms with E-state index < -0.39 is 39.6 Å². The molecule has 1 N–H and O–H groups in total. The number of ether oxygens (including phenoxy) is 1. The van der Waals surface area contributed by atoms with Gasteiger partial charge in [-0.2, -0.15) is 9.78 Å². The third-order valence-electron chi connectivity index (χ3n) is 7.46. The molecule has 3 aromatic rings. The summed E-state index contributed by atoms with van der Waals surface area (Å²) in [7, 11) is -1.53. The van der Waals surface area contributed by atoms with E-state index in [1.807, 2.05) is 9.21 Å². The van der Waals surface area contributed by atoms with Gasteiger partial charge < -0.3 is 9.64 Å². The van der Waals surface area contributed by atoms with Crippen LogP contribution in [0.15, 0.2) is 47.5 Å².